The molecule has 0 aromatic heterocycles. The normalized spacial score (nSPS) is 11.4. The van der Waals surface area contributed by atoms with Crippen LogP contribution in [0.15, 0.2) is 42.5 Å². The predicted molar refractivity (Wildman–Crippen MR) is 97.8 cm³/mol. The summed E-state index contributed by atoms with van der Waals surface area (Å²) in [6, 6.07) is 10.3. The molecular weight excluding hydrogens is 381 g/mol. The molecule has 0 heterocycles. The van der Waals surface area contributed by atoms with E-state index in [0.29, 0.717) is 21.3 Å². The number of carbonyl (C=O) groups is 3. The van der Waals surface area contributed by atoms with Crippen molar-refractivity contribution in [3.63, 3.8) is 0 Å². The number of anilines is 1. The van der Waals surface area contributed by atoms with E-state index >= 15 is 0 Å². The van der Waals surface area contributed by atoms with E-state index in [1.54, 1.807) is 0 Å². The molecule has 0 bridgehead atoms. The van der Waals surface area contributed by atoms with Crippen LogP contribution in [0, 0.1) is 0 Å². The average molecular weight is 396 g/mol. The van der Waals surface area contributed by atoms with Gasteiger partial charge in [0.25, 0.3) is 5.91 Å². The monoisotopic (exact) mass is 395 g/mol. The summed E-state index contributed by atoms with van der Waals surface area (Å²) < 4.78 is 9.70. The van der Waals surface area contributed by atoms with Crippen molar-refractivity contribution in [1.29, 1.82) is 0 Å². The van der Waals surface area contributed by atoms with Crippen molar-refractivity contribution >= 4 is 46.7 Å². The first-order chi connectivity index (χ1) is 12.3. The zero-order chi connectivity index (χ0) is 19.3. The number of nitrogens with one attached hydrogen (secondary N) is 1. The highest BCUT2D eigenvalue weighted by molar-refractivity contribution is 6.35. The van der Waals surface area contributed by atoms with E-state index in [1.165, 1.54) is 56.5 Å². The van der Waals surface area contributed by atoms with Crippen molar-refractivity contribution in [1.82, 2.24) is 0 Å². The first-order valence-electron chi connectivity index (χ1n) is 7.46. The van der Waals surface area contributed by atoms with Crippen LogP contribution >= 0.6 is 23.2 Å². The Hall–Kier alpha value is -2.57. The van der Waals surface area contributed by atoms with E-state index in [2.05, 4.69) is 10.1 Å². The maximum absolute atomic E-state index is 12.1. The lowest BCUT2D eigenvalue weighted by Gasteiger charge is -2.14. The van der Waals surface area contributed by atoms with Gasteiger partial charge in [0, 0.05) is 15.7 Å². The van der Waals surface area contributed by atoms with Crippen LogP contribution in [0.5, 0.6) is 0 Å². The number of methoxy groups -OCH3 is 1. The Morgan fingerprint density at radius 2 is 1.42 bits per heavy atom. The van der Waals surface area contributed by atoms with E-state index in [4.69, 9.17) is 27.9 Å². The number of esters is 2. The first kappa shape index (κ1) is 19.8. The zero-order valence-electron chi connectivity index (χ0n) is 13.9. The minimum Gasteiger partial charge on any atom is -0.465 e. The Bertz CT molecular complexity index is 816. The molecule has 0 radical (unpaired) electrons. The van der Waals surface area contributed by atoms with Crippen molar-refractivity contribution in [2.75, 3.05) is 12.4 Å². The molecule has 6 nitrogen and oxygen atoms in total. The summed E-state index contributed by atoms with van der Waals surface area (Å²) in [7, 11) is 1.26. The van der Waals surface area contributed by atoms with Gasteiger partial charge in [0.05, 0.1) is 18.2 Å². The van der Waals surface area contributed by atoms with Crippen LogP contribution in [0.3, 0.4) is 0 Å². The third-order valence-corrected chi connectivity index (χ3v) is 3.76. The number of hydrogen-bond donors (Lipinski definition) is 1. The Labute approximate surface area is 160 Å². The van der Waals surface area contributed by atoms with Crippen LogP contribution in [0.1, 0.15) is 27.6 Å². The van der Waals surface area contributed by atoms with Gasteiger partial charge in [-0.1, -0.05) is 23.2 Å². The van der Waals surface area contributed by atoms with Crippen LogP contribution in [0.2, 0.25) is 10.0 Å². The second kappa shape index (κ2) is 8.69. The Morgan fingerprint density at radius 1 is 0.923 bits per heavy atom. The molecule has 1 N–H and O–H groups in total. The molecule has 136 valence electrons. The first-order valence-corrected chi connectivity index (χ1v) is 8.22. The Morgan fingerprint density at radius 3 is 1.92 bits per heavy atom. The highest BCUT2D eigenvalue weighted by Crippen LogP contribution is 2.22. The van der Waals surface area contributed by atoms with Gasteiger partial charge >= 0.3 is 11.9 Å². The zero-order valence-corrected chi connectivity index (χ0v) is 15.4. The molecule has 0 unspecified atom stereocenters. The maximum atomic E-state index is 12.1. The van der Waals surface area contributed by atoms with Gasteiger partial charge in [-0.15, -0.1) is 0 Å². The molecule has 0 aliphatic heterocycles. The smallest absolute Gasteiger partial charge is 0.338 e. The minimum absolute atomic E-state index is 0.197. The Balaban J connectivity index is 1.99. The lowest BCUT2D eigenvalue weighted by atomic mass is 10.1. The van der Waals surface area contributed by atoms with Crippen molar-refractivity contribution in [3.8, 4) is 0 Å². The van der Waals surface area contributed by atoms with Gasteiger partial charge in [-0.3, -0.25) is 4.79 Å². The van der Waals surface area contributed by atoms with Crippen LogP contribution in [0.4, 0.5) is 5.69 Å². The van der Waals surface area contributed by atoms with Crippen molar-refractivity contribution < 1.29 is 23.9 Å². The molecule has 0 aliphatic rings. The maximum Gasteiger partial charge on any atom is 0.338 e. The lowest BCUT2D eigenvalue weighted by molar-refractivity contribution is -0.123. The summed E-state index contributed by atoms with van der Waals surface area (Å²) in [4.78, 5) is 35.6. The summed E-state index contributed by atoms with van der Waals surface area (Å²) in [6.07, 6.45) is -1.06. The number of benzene rings is 2. The molecule has 2 aromatic rings. The van der Waals surface area contributed by atoms with Gasteiger partial charge in [-0.05, 0) is 49.4 Å². The van der Waals surface area contributed by atoms with Crippen LogP contribution in [-0.2, 0) is 14.3 Å². The fraction of sp³-hybridized carbons (Fsp3) is 0.167. The fourth-order valence-electron chi connectivity index (χ4n) is 2.01. The van der Waals surface area contributed by atoms with Crippen molar-refractivity contribution in [3.05, 3.63) is 63.6 Å². The molecule has 26 heavy (non-hydrogen) atoms. The summed E-state index contributed by atoms with van der Waals surface area (Å²) >= 11 is 11.7. The third-order valence-electron chi connectivity index (χ3n) is 3.32. The molecule has 1 amide bonds. The number of ether oxygens (including phenoxy) is 2. The van der Waals surface area contributed by atoms with E-state index in [1.807, 2.05) is 0 Å². The molecule has 0 saturated carbocycles. The van der Waals surface area contributed by atoms with Gasteiger partial charge < -0.3 is 14.8 Å². The van der Waals surface area contributed by atoms with Gasteiger partial charge in [0.2, 0.25) is 0 Å². The van der Waals surface area contributed by atoms with Gasteiger partial charge in [-0.2, -0.15) is 0 Å². The summed E-state index contributed by atoms with van der Waals surface area (Å²) in [5, 5.41) is 3.29. The third kappa shape index (κ3) is 5.21. The fourth-order valence-corrected chi connectivity index (χ4v) is 2.54. The number of rotatable bonds is 5. The van der Waals surface area contributed by atoms with Crippen LogP contribution < -0.4 is 5.32 Å². The average Bonchev–Trinajstić information content (AvgIpc) is 2.60. The quantitative estimate of drug-likeness (QED) is 0.774. The minimum atomic E-state index is -1.06. The number of carbonyl (C=O) groups excluding carboxylic acids is 3. The molecule has 0 fully saturated rings. The molecule has 0 aliphatic carbocycles. The van der Waals surface area contributed by atoms with Gasteiger partial charge in [0.15, 0.2) is 6.10 Å². The number of hydrogen-bond acceptors (Lipinski definition) is 5. The summed E-state index contributed by atoms with van der Waals surface area (Å²) in [5.41, 5.74) is 0.883. The lowest BCUT2D eigenvalue weighted by Crippen LogP contribution is -2.30. The largest absolute Gasteiger partial charge is 0.465 e. The second-order valence-corrected chi connectivity index (χ2v) is 6.14. The van der Waals surface area contributed by atoms with Gasteiger partial charge in [-0.25, -0.2) is 9.59 Å². The highest BCUT2D eigenvalue weighted by atomic mass is 35.5. The van der Waals surface area contributed by atoms with Crippen molar-refractivity contribution in [2.45, 2.75) is 13.0 Å². The van der Waals surface area contributed by atoms with Gasteiger partial charge in [0.1, 0.15) is 0 Å². The Kier molecular flexibility index (Phi) is 6.60. The van der Waals surface area contributed by atoms with Crippen LogP contribution in [-0.4, -0.2) is 31.1 Å². The second-order valence-electron chi connectivity index (χ2n) is 5.26. The molecule has 1 atom stereocenters. The molecule has 0 saturated heterocycles. The van der Waals surface area contributed by atoms with Crippen LogP contribution in [0.25, 0.3) is 0 Å². The number of halogens is 2. The molecule has 2 aromatic carbocycles. The van der Waals surface area contributed by atoms with E-state index in [9.17, 15) is 14.4 Å². The summed E-state index contributed by atoms with van der Waals surface area (Å²) in [5.74, 6) is -1.76. The molecule has 8 heteroatoms. The molecule has 0 spiro atoms. The van der Waals surface area contributed by atoms with E-state index < -0.39 is 23.9 Å². The predicted octanol–water partition coefficient (Wildman–Crippen LogP) is 3.96. The SMILES string of the molecule is COC(=O)c1ccc(C(=O)O[C@H](C)C(=O)Nc2cc(Cl)cc(Cl)c2)cc1. The highest BCUT2D eigenvalue weighted by Gasteiger charge is 2.19. The molecule has 2 rings (SSSR count). The van der Waals surface area contributed by atoms with E-state index in [-0.39, 0.29) is 5.56 Å². The molecular formula is C18H15Cl2NO5. The van der Waals surface area contributed by atoms with Crippen molar-refractivity contribution in [2.24, 2.45) is 0 Å². The standard InChI is InChI=1S/C18H15Cl2NO5/c1-10(16(22)21-15-8-13(19)7-14(20)9-15)26-18(24)12-5-3-11(4-6-12)17(23)25-2/h3-10H,1-2H3,(H,21,22)/t10-/m1/s1. The number of amides is 1. The summed E-state index contributed by atoms with van der Waals surface area (Å²) in [6.45, 7) is 1.43. The van der Waals surface area contributed by atoms with E-state index in [0.717, 1.165) is 0 Å². The topological polar surface area (TPSA) is 81.7 Å².